The fraction of sp³-hybridized carbons (Fsp3) is 0.300. The van der Waals surface area contributed by atoms with Gasteiger partial charge in [-0.05, 0) is 73.2 Å². The minimum Gasteiger partial charge on any atom is -0.457 e. The lowest BCUT2D eigenvalue weighted by atomic mass is 9.98. The van der Waals surface area contributed by atoms with Gasteiger partial charge in [0.05, 0.1) is 0 Å². The van der Waals surface area contributed by atoms with E-state index in [1.165, 1.54) is 10.9 Å². The normalized spacial score (nSPS) is 12.5. The highest BCUT2D eigenvalue weighted by Gasteiger charge is 2.12. The molecule has 1 heterocycles. The number of fused-ring (bicyclic) bond motifs is 1. The summed E-state index contributed by atoms with van der Waals surface area (Å²) < 4.78 is 6.17. The second-order valence-corrected chi connectivity index (χ2v) is 6.35. The van der Waals surface area contributed by atoms with Gasteiger partial charge in [0.2, 0.25) is 0 Å². The first kappa shape index (κ1) is 15.5. The standard InChI is InChI=1S/C20H24N2O/c1-5-12(2)18-11-22-19-7-6-16(10-17(18)19)23-20-13(3)8-15(21)9-14(20)4/h6-12,22H,5,21H2,1-4H3. The summed E-state index contributed by atoms with van der Waals surface area (Å²) in [6, 6.07) is 10.1. The van der Waals surface area contributed by atoms with Crippen LogP contribution in [0.2, 0.25) is 0 Å². The maximum Gasteiger partial charge on any atom is 0.133 e. The summed E-state index contributed by atoms with van der Waals surface area (Å²) in [6.07, 6.45) is 3.23. The number of hydrogen-bond acceptors (Lipinski definition) is 2. The van der Waals surface area contributed by atoms with Crippen LogP contribution in [-0.4, -0.2) is 4.98 Å². The van der Waals surface area contributed by atoms with E-state index in [1.54, 1.807) is 0 Å². The van der Waals surface area contributed by atoms with Crippen LogP contribution < -0.4 is 10.5 Å². The summed E-state index contributed by atoms with van der Waals surface area (Å²) >= 11 is 0. The van der Waals surface area contributed by atoms with E-state index in [9.17, 15) is 0 Å². The molecule has 3 rings (SSSR count). The van der Waals surface area contributed by atoms with Gasteiger partial charge in [-0.1, -0.05) is 13.8 Å². The molecule has 0 aliphatic heterocycles. The predicted octanol–water partition coefficient (Wildman–Crippen LogP) is 5.67. The van der Waals surface area contributed by atoms with E-state index in [1.807, 2.05) is 32.0 Å². The highest BCUT2D eigenvalue weighted by atomic mass is 16.5. The molecule has 1 atom stereocenters. The number of aromatic nitrogens is 1. The van der Waals surface area contributed by atoms with Gasteiger partial charge in [0, 0.05) is 22.8 Å². The van der Waals surface area contributed by atoms with E-state index >= 15 is 0 Å². The molecule has 0 saturated heterocycles. The van der Waals surface area contributed by atoms with E-state index in [0.29, 0.717) is 5.92 Å². The molecule has 0 spiro atoms. The number of rotatable bonds is 4. The zero-order valence-electron chi connectivity index (χ0n) is 14.2. The van der Waals surface area contributed by atoms with Crippen molar-refractivity contribution < 1.29 is 4.74 Å². The van der Waals surface area contributed by atoms with Crippen molar-refractivity contribution in [2.75, 3.05) is 5.73 Å². The van der Waals surface area contributed by atoms with Gasteiger partial charge in [-0.15, -0.1) is 0 Å². The molecular formula is C20H24N2O. The zero-order chi connectivity index (χ0) is 16.6. The quantitative estimate of drug-likeness (QED) is 0.610. The lowest BCUT2D eigenvalue weighted by Gasteiger charge is -2.13. The molecule has 0 aliphatic rings. The van der Waals surface area contributed by atoms with E-state index < -0.39 is 0 Å². The van der Waals surface area contributed by atoms with Gasteiger partial charge in [-0.3, -0.25) is 0 Å². The maximum atomic E-state index is 6.17. The maximum absolute atomic E-state index is 6.17. The van der Waals surface area contributed by atoms with Crippen molar-refractivity contribution >= 4 is 16.6 Å². The summed E-state index contributed by atoms with van der Waals surface area (Å²) in [4.78, 5) is 3.35. The average molecular weight is 308 g/mol. The topological polar surface area (TPSA) is 51.0 Å². The van der Waals surface area contributed by atoms with Crippen LogP contribution in [0.5, 0.6) is 11.5 Å². The molecule has 0 saturated carbocycles. The van der Waals surface area contributed by atoms with Crippen LogP contribution in [0.15, 0.2) is 36.5 Å². The third kappa shape index (κ3) is 2.91. The van der Waals surface area contributed by atoms with Gasteiger partial charge in [0.1, 0.15) is 11.5 Å². The molecule has 0 aliphatic carbocycles. The number of nitrogen functional groups attached to an aromatic ring is 1. The van der Waals surface area contributed by atoms with Crippen LogP contribution in [-0.2, 0) is 0 Å². The van der Waals surface area contributed by atoms with Crippen LogP contribution in [0.25, 0.3) is 10.9 Å². The number of hydrogen-bond donors (Lipinski definition) is 2. The molecule has 2 aromatic carbocycles. The Labute approximate surface area is 137 Å². The fourth-order valence-corrected chi connectivity index (χ4v) is 3.08. The van der Waals surface area contributed by atoms with E-state index in [-0.39, 0.29) is 0 Å². The number of nitrogens with two attached hydrogens (primary N) is 1. The number of benzene rings is 2. The zero-order valence-corrected chi connectivity index (χ0v) is 14.2. The molecule has 23 heavy (non-hydrogen) atoms. The number of aryl methyl sites for hydroxylation is 2. The molecule has 120 valence electrons. The lowest BCUT2D eigenvalue weighted by molar-refractivity contribution is 0.476. The monoisotopic (exact) mass is 308 g/mol. The Hall–Kier alpha value is -2.42. The van der Waals surface area contributed by atoms with E-state index in [0.717, 1.165) is 40.3 Å². The smallest absolute Gasteiger partial charge is 0.133 e. The minimum absolute atomic E-state index is 0.527. The van der Waals surface area contributed by atoms with Crippen LogP contribution >= 0.6 is 0 Å². The van der Waals surface area contributed by atoms with Crippen molar-refractivity contribution in [1.29, 1.82) is 0 Å². The van der Waals surface area contributed by atoms with Crippen LogP contribution in [0.4, 0.5) is 5.69 Å². The minimum atomic E-state index is 0.527. The summed E-state index contributed by atoms with van der Waals surface area (Å²) in [5.41, 5.74) is 11.3. The molecule has 0 bridgehead atoms. The van der Waals surface area contributed by atoms with Gasteiger partial charge < -0.3 is 15.5 Å². The van der Waals surface area contributed by atoms with Crippen LogP contribution in [0.3, 0.4) is 0 Å². The SMILES string of the molecule is CCC(C)c1c[nH]c2ccc(Oc3c(C)cc(N)cc3C)cc12. The summed E-state index contributed by atoms with van der Waals surface area (Å²) in [6.45, 7) is 8.52. The largest absolute Gasteiger partial charge is 0.457 e. The molecule has 3 N–H and O–H groups in total. The molecule has 1 unspecified atom stereocenters. The van der Waals surface area contributed by atoms with Crippen molar-refractivity contribution in [2.24, 2.45) is 0 Å². The molecule has 0 amide bonds. The Bertz CT molecular complexity index is 825. The Balaban J connectivity index is 2.01. The van der Waals surface area contributed by atoms with Crippen molar-refractivity contribution in [3.63, 3.8) is 0 Å². The molecule has 0 fully saturated rings. The first-order chi connectivity index (χ1) is 11.0. The molecule has 0 radical (unpaired) electrons. The predicted molar refractivity (Wildman–Crippen MR) is 97.4 cm³/mol. The van der Waals surface area contributed by atoms with Crippen LogP contribution in [0.1, 0.15) is 42.9 Å². The summed E-state index contributed by atoms with van der Waals surface area (Å²) in [5.74, 6) is 2.27. The first-order valence-corrected chi connectivity index (χ1v) is 8.15. The number of nitrogens with one attached hydrogen (secondary N) is 1. The second kappa shape index (κ2) is 5.99. The average Bonchev–Trinajstić information content (AvgIpc) is 2.93. The van der Waals surface area contributed by atoms with Gasteiger partial charge in [-0.25, -0.2) is 0 Å². The number of ether oxygens (including phenoxy) is 1. The van der Waals surface area contributed by atoms with Gasteiger partial charge in [-0.2, -0.15) is 0 Å². The Kier molecular flexibility index (Phi) is 4.03. The summed E-state index contributed by atoms with van der Waals surface area (Å²) in [5, 5.41) is 1.24. The number of H-pyrrole nitrogens is 1. The van der Waals surface area contributed by atoms with Crippen molar-refractivity contribution in [2.45, 2.75) is 40.0 Å². The van der Waals surface area contributed by atoms with Crippen LogP contribution in [0, 0.1) is 13.8 Å². The second-order valence-electron chi connectivity index (χ2n) is 6.35. The molecule has 3 nitrogen and oxygen atoms in total. The molecule has 1 aromatic heterocycles. The van der Waals surface area contributed by atoms with Gasteiger partial charge >= 0.3 is 0 Å². The van der Waals surface area contributed by atoms with Crippen molar-refractivity contribution in [1.82, 2.24) is 4.98 Å². The first-order valence-electron chi connectivity index (χ1n) is 8.15. The van der Waals surface area contributed by atoms with E-state index in [4.69, 9.17) is 10.5 Å². The third-order valence-corrected chi connectivity index (χ3v) is 4.53. The Morgan fingerprint density at radius 1 is 1.13 bits per heavy atom. The van der Waals surface area contributed by atoms with Crippen molar-refractivity contribution in [3.8, 4) is 11.5 Å². The summed E-state index contributed by atoms with van der Waals surface area (Å²) in [7, 11) is 0. The Morgan fingerprint density at radius 2 is 1.83 bits per heavy atom. The van der Waals surface area contributed by atoms with Crippen molar-refractivity contribution in [3.05, 3.63) is 53.2 Å². The lowest BCUT2D eigenvalue weighted by Crippen LogP contribution is -1.94. The molecule has 3 aromatic rings. The highest BCUT2D eigenvalue weighted by molar-refractivity contribution is 5.85. The highest BCUT2D eigenvalue weighted by Crippen LogP contribution is 2.34. The van der Waals surface area contributed by atoms with Gasteiger partial charge in [0.25, 0.3) is 0 Å². The fourth-order valence-electron chi connectivity index (χ4n) is 3.08. The molecule has 3 heteroatoms. The number of anilines is 1. The van der Waals surface area contributed by atoms with E-state index in [2.05, 4.69) is 37.2 Å². The number of aromatic amines is 1. The van der Waals surface area contributed by atoms with Gasteiger partial charge in [0.15, 0.2) is 0 Å². The molecular weight excluding hydrogens is 284 g/mol. The Morgan fingerprint density at radius 3 is 2.48 bits per heavy atom. The third-order valence-electron chi connectivity index (χ3n) is 4.53.